The molecule has 5 aromatic rings. The number of hydrogen-bond acceptors (Lipinski definition) is 5. The lowest BCUT2D eigenvalue weighted by Gasteiger charge is -2.10. The maximum absolute atomic E-state index is 12.6. The van der Waals surface area contributed by atoms with Gasteiger partial charge in [-0.25, -0.2) is 4.79 Å². The number of aromatic nitrogens is 1. The Bertz CT molecular complexity index is 1750. The molecule has 3 amide bonds. The Kier molecular flexibility index (Phi) is 10.1. The third-order valence-corrected chi connectivity index (χ3v) is 7.04. The van der Waals surface area contributed by atoms with Gasteiger partial charge in [-0.05, 0) is 45.9 Å². The van der Waals surface area contributed by atoms with Gasteiger partial charge in [-0.2, -0.15) is 0 Å². The molecule has 5 rings (SSSR count). The summed E-state index contributed by atoms with van der Waals surface area (Å²) in [5.41, 5.74) is 6.92. The lowest BCUT2D eigenvalue weighted by atomic mass is 10.0. The SMILES string of the molecule is N=C(NC(=O)OCc1ccccc1)c1ccc(CNC(=O)CNC(=O)c2cc(Cc3ccc(-c4ccccc4)cc3)c[nH]2)cc1. The summed E-state index contributed by atoms with van der Waals surface area (Å²) in [5, 5.41) is 15.9. The molecule has 0 saturated heterocycles. The fourth-order valence-electron chi connectivity index (χ4n) is 4.60. The number of benzene rings is 4. The minimum absolute atomic E-state index is 0.0974. The Morgan fingerprint density at radius 2 is 1.33 bits per heavy atom. The van der Waals surface area contributed by atoms with Crippen LogP contribution in [0.2, 0.25) is 0 Å². The zero-order chi connectivity index (χ0) is 31.4. The highest BCUT2D eigenvalue weighted by Crippen LogP contribution is 2.20. The van der Waals surface area contributed by atoms with E-state index < -0.39 is 6.09 Å². The molecule has 9 nitrogen and oxygen atoms in total. The van der Waals surface area contributed by atoms with Crippen molar-refractivity contribution < 1.29 is 19.1 Å². The monoisotopic (exact) mass is 599 g/mol. The first-order valence-corrected chi connectivity index (χ1v) is 14.4. The van der Waals surface area contributed by atoms with Gasteiger partial charge in [0.2, 0.25) is 5.91 Å². The molecular weight excluding hydrogens is 566 g/mol. The van der Waals surface area contributed by atoms with Crippen LogP contribution in [0.3, 0.4) is 0 Å². The number of carbonyl (C=O) groups excluding carboxylic acids is 3. The predicted molar refractivity (Wildman–Crippen MR) is 173 cm³/mol. The highest BCUT2D eigenvalue weighted by Gasteiger charge is 2.12. The van der Waals surface area contributed by atoms with Crippen LogP contribution in [0.5, 0.6) is 0 Å². The molecule has 0 saturated carbocycles. The van der Waals surface area contributed by atoms with Crippen LogP contribution in [0, 0.1) is 5.41 Å². The number of carbonyl (C=O) groups is 3. The van der Waals surface area contributed by atoms with E-state index in [1.807, 2.05) is 48.5 Å². The van der Waals surface area contributed by atoms with Gasteiger partial charge < -0.3 is 20.4 Å². The molecule has 45 heavy (non-hydrogen) atoms. The fraction of sp³-hybridized carbons (Fsp3) is 0.111. The van der Waals surface area contributed by atoms with Crippen LogP contribution in [0.25, 0.3) is 11.1 Å². The van der Waals surface area contributed by atoms with E-state index >= 15 is 0 Å². The first-order chi connectivity index (χ1) is 21.9. The molecule has 0 aliphatic heterocycles. The lowest BCUT2D eigenvalue weighted by molar-refractivity contribution is -0.120. The normalized spacial score (nSPS) is 10.5. The number of nitrogens with one attached hydrogen (secondary N) is 5. The van der Waals surface area contributed by atoms with E-state index in [-0.39, 0.29) is 37.3 Å². The molecule has 0 bridgehead atoms. The molecule has 0 spiro atoms. The van der Waals surface area contributed by atoms with Gasteiger partial charge in [0.1, 0.15) is 18.1 Å². The van der Waals surface area contributed by atoms with Crippen molar-refractivity contribution in [2.24, 2.45) is 0 Å². The van der Waals surface area contributed by atoms with Crippen LogP contribution in [0.4, 0.5) is 4.79 Å². The fourth-order valence-corrected chi connectivity index (χ4v) is 4.60. The van der Waals surface area contributed by atoms with Gasteiger partial charge >= 0.3 is 6.09 Å². The van der Waals surface area contributed by atoms with Gasteiger partial charge in [0, 0.05) is 18.3 Å². The molecule has 226 valence electrons. The average Bonchev–Trinajstić information content (AvgIpc) is 3.55. The van der Waals surface area contributed by atoms with Crippen molar-refractivity contribution in [1.82, 2.24) is 20.9 Å². The maximum atomic E-state index is 12.6. The van der Waals surface area contributed by atoms with E-state index in [0.717, 1.165) is 33.4 Å². The Labute approximate surface area is 261 Å². The number of H-pyrrole nitrogens is 1. The number of amides is 3. The quantitative estimate of drug-likeness (QED) is 0.100. The van der Waals surface area contributed by atoms with E-state index in [2.05, 4.69) is 57.3 Å². The summed E-state index contributed by atoms with van der Waals surface area (Å²) < 4.78 is 5.15. The standard InChI is InChI=1S/C36H33N5O4/c37-34(41-36(44)45-24-27-7-3-1-4-8-27)31-17-13-26(14-18-31)21-39-33(42)23-40-35(43)32-20-28(22-38-32)19-25-11-15-30(16-12-25)29-9-5-2-6-10-29/h1-18,20,22,38H,19,21,23-24H2,(H,39,42)(H,40,43)(H2,37,41,44). The van der Waals surface area contributed by atoms with Crippen LogP contribution in [0.15, 0.2) is 121 Å². The van der Waals surface area contributed by atoms with Crippen LogP contribution in [0.1, 0.15) is 38.3 Å². The number of hydrogen-bond donors (Lipinski definition) is 5. The Morgan fingerprint density at radius 3 is 2.04 bits per heavy atom. The topological polar surface area (TPSA) is 136 Å². The third kappa shape index (κ3) is 9.01. The second kappa shape index (κ2) is 15.0. The molecule has 0 aliphatic carbocycles. The highest BCUT2D eigenvalue weighted by molar-refractivity contribution is 6.04. The molecule has 4 aromatic carbocycles. The van der Waals surface area contributed by atoms with Crippen molar-refractivity contribution in [3.05, 3.63) is 155 Å². The van der Waals surface area contributed by atoms with Gasteiger partial charge in [-0.15, -0.1) is 0 Å². The van der Waals surface area contributed by atoms with Crippen LogP contribution >= 0.6 is 0 Å². The predicted octanol–water partition coefficient (Wildman–Crippen LogP) is 5.57. The van der Waals surface area contributed by atoms with Gasteiger partial charge in [-0.1, -0.05) is 109 Å². The van der Waals surface area contributed by atoms with E-state index in [4.69, 9.17) is 10.1 Å². The zero-order valence-electron chi connectivity index (χ0n) is 24.5. The summed E-state index contributed by atoms with van der Waals surface area (Å²) in [6, 6.07) is 36.4. The van der Waals surface area contributed by atoms with Crippen molar-refractivity contribution >= 4 is 23.7 Å². The Hall–Kier alpha value is -5.96. The van der Waals surface area contributed by atoms with Crippen molar-refractivity contribution in [3.8, 4) is 11.1 Å². The van der Waals surface area contributed by atoms with E-state index in [0.29, 0.717) is 17.7 Å². The number of aromatic amines is 1. The summed E-state index contributed by atoms with van der Waals surface area (Å²) in [6.45, 7) is 0.173. The summed E-state index contributed by atoms with van der Waals surface area (Å²) in [5.74, 6) is -0.804. The summed E-state index contributed by atoms with van der Waals surface area (Å²) in [4.78, 5) is 40.0. The third-order valence-electron chi connectivity index (χ3n) is 7.04. The number of ether oxygens (including phenoxy) is 1. The second-order valence-electron chi connectivity index (χ2n) is 10.4. The molecule has 5 N–H and O–H groups in total. The smallest absolute Gasteiger partial charge is 0.413 e. The Balaban J connectivity index is 1.01. The van der Waals surface area contributed by atoms with Crippen molar-refractivity contribution in [2.75, 3.05) is 6.54 Å². The number of rotatable bonds is 11. The summed E-state index contributed by atoms with van der Waals surface area (Å²) in [7, 11) is 0. The first kappa shape index (κ1) is 30.5. The zero-order valence-corrected chi connectivity index (χ0v) is 24.5. The van der Waals surface area contributed by atoms with Gasteiger partial charge in [-0.3, -0.25) is 20.3 Å². The number of alkyl carbamates (subject to hydrolysis) is 1. The molecule has 9 heteroatoms. The van der Waals surface area contributed by atoms with E-state index in [1.165, 1.54) is 0 Å². The summed E-state index contributed by atoms with van der Waals surface area (Å²) in [6.07, 6.45) is 1.75. The highest BCUT2D eigenvalue weighted by atomic mass is 16.5. The molecule has 0 atom stereocenters. The van der Waals surface area contributed by atoms with Crippen LogP contribution in [-0.4, -0.2) is 35.3 Å². The largest absolute Gasteiger partial charge is 0.444 e. The van der Waals surface area contributed by atoms with Gasteiger partial charge in [0.25, 0.3) is 5.91 Å². The van der Waals surface area contributed by atoms with E-state index in [9.17, 15) is 14.4 Å². The molecule has 0 unspecified atom stereocenters. The van der Waals surface area contributed by atoms with Crippen molar-refractivity contribution in [2.45, 2.75) is 19.6 Å². The van der Waals surface area contributed by atoms with Crippen molar-refractivity contribution in [1.29, 1.82) is 5.41 Å². The van der Waals surface area contributed by atoms with Gasteiger partial charge in [0.05, 0.1) is 6.54 Å². The Morgan fingerprint density at radius 1 is 0.689 bits per heavy atom. The van der Waals surface area contributed by atoms with Crippen LogP contribution in [-0.2, 0) is 29.1 Å². The van der Waals surface area contributed by atoms with Crippen LogP contribution < -0.4 is 16.0 Å². The van der Waals surface area contributed by atoms with Crippen molar-refractivity contribution in [3.63, 3.8) is 0 Å². The average molecular weight is 600 g/mol. The second-order valence-corrected chi connectivity index (χ2v) is 10.4. The minimum atomic E-state index is -0.716. The van der Waals surface area contributed by atoms with Gasteiger partial charge in [0.15, 0.2) is 0 Å². The maximum Gasteiger partial charge on any atom is 0.413 e. The molecule has 0 fully saturated rings. The minimum Gasteiger partial charge on any atom is -0.444 e. The number of amidine groups is 1. The van der Waals surface area contributed by atoms with E-state index in [1.54, 1.807) is 36.5 Å². The molecule has 0 aliphatic rings. The molecule has 1 heterocycles. The molecule has 1 aromatic heterocycles. The summed E-state index contributed by atoms with van der Waals surface area (Å²) >= 11 is 0. The lowest BCUT2D eigenvalue weighted by Crippen LogP contribution is -2.36. The first-order valence-electron chi connectivity index (χ1n) is 14.4. The molecular formula is C36H33N5O4. The molecule has 0 radical (unpaired) electrons.